The van der Waals surface area contributed by atoms with Crippen molar-refractivity contribution < 1.29 is 9.90 Å². The lowest BCUT2D eigenvalue weighted by Crippen LogP contribution is -2.26. The molecule has 1 heterocycles. The number of benzene rings is 1. The van der Waals surface area contributed by atoms with Crippen LogP contribution in [0.5, 0.6) is 0 Å². The lowest BCUT2D eigenvalue weighted by molar-refractivity contribution is 0.0939. The summed E-state index contributed by atoms with van der Waals surface area (Å²) >= 11 is 1.52. The lowest BCUT2D eigenvalue weighted by Gasteiger charge is -2.12. The minimum absolute atomic E-state index is 0.119. The minimum atomic E-state index is -0.174. The molecule has 1 amide bonds. The van der Waals surface area contributed by atoms with Crippen LogP contribution >= 0.6 is 11.3 Å². The molecule has 1 aromatic heterocycles. The predicted octanol–water partition coefficient (Wildman–Crippen LogP) is 2.29. The molecule has 2 rings (SSSR count). The van der Waals surface area contributed by atoms with Crippen LogP contribution in [0, 0.1) is 18.8 Å². The largest absolute Gasteiger partial charge is 0.384 e. The number of nitrogens with one attached hydrogen (secondary N) is 1. The molecule has 0 aliphatic rings. The summed E-state index contributed by atoms with van der Waals surface area (Å²) in [6.45, 7) is 3.63. The molecular formula is C16H16N2O2S. The average molecular weight is 300 g/mol. The van der Waals surface area contributed by atoms with Crippen molar-refractivity contribution in [3.05, 3.63) is 51.5 Å². The first-order valence-corrected chi connectivity index (χ1v) is 7.40. The summed E-state index contributed by atoms with van der Waals surface area (Å²) in [5.74, 6) is 5.32. The molecule has 0 spiro atoms. The summed E-state index contributed by atoms with van der Waals surface area (Å²) in [6, 6.07) is 5.21. The molecule has 4 nitrogen and oxygen atoms in total. The van der Waals surface area contributed by atoms with Gasteiger partial charge < -0.3 is 10.4 Å². The highest BCUT2D eigenvalue weighted by Crippen LogP contribution is 2.16. The van der Waals surface area contributed by atoms with Crippen LogP contribution in [-0.2, 0) is 0 Å². The van der Waals surface area contributed by atoms with Crippen molar-refractivity contribution in [3.8, 4) is 11.8 Å². The third-order valence-corrected chi connectivity index (χ3v) is 3.92. The van der Waals surface area contributed by atoms with Gasteiger partial charge in [0, 0.05) is 22.7 Å². The van der Waals surface area contributed by atoms with E-state index >= 15 is 0 Å². The first kappa shape index (κ1) is 15.2. The van der Waals surface area contributed by atoms with Gasteiger partial charge in [-0.25, -0.2) is 4.98 Å². The van der Waals surface area contributed by atoms with Gasteiger partial charge in [0.05, 0.1) is 6.04 Å². The normalized spacial score (nSPS) is 11.4. The highest BCUT2D eigenvalue weighted by atomic mass is 32.1. The molecule has 1 unspecified atom stereocenters. The number of aliphatic hydroxyl groups excluding tert-OH is 1. The lowest BCUT2D eigenvalue weighted by atomic mass is 10.0. The van der Waals surface area contributed by atoms with Gasteiger partial charge in [0.25, 0.3) is 5.91 Å². The van der Waals surface area contributed by atoms with Crippen molar-refractivity contribution in [3.63, 3.8) is 0 Å². The number of thiazole rings is 1. The number of aryl methyl sites for hydroxylation is 1. The molecule has 0 saturated carbocycles. The van der Waals surface area contributed by atoms with Crippen molar-refractivity contribution >= 4 is 17.2 Å². The molecule has 1 atom stereocenters. The summed E-state index contributed by atoms with van der Waals surface area (Å²) in [5, 5.41) is 14.4. The Labute approximate surface area is 127 Å². The fraction of sp³-hybridized carbons (Fsp3) is 0.250. The quantitative estimate of drug-likeness (QED) is 0.855. The van der Waals surface area contributed by atoms with Crippen LogP contribution in [0.1, 0.15) is 39.5 Å². The summed E-state index contributed by atoms with van der Waals surface area (Å²) in [6.07, 6.45) is 1.72. The van der Waals surface area contributed by atoms with E-state index in [0.717, 1.165) is 16.1 Å². The summed E-state index contributed by atoms with van der Waals surface area (Å²) in [4.78, 5) is 16.4. The topological polar surface area (TPSA) is 62.2 Å². The van der Waals surface area contributed by atoms with E-state index in [-0.39, 0.29) is 18.6 Å². The second-order valence-electron chi connectivity index (χ2n) is 4.56. The van der Waals surface area contributed by atoms with Gasteiger partial charge in [0.2, 0.25) is 0 Å². The Kier molecular flexibility index (Phi) is 5.09. The molecule has 0 aliphatic heterocycles. The Hall–Kier alpha value is -2.16. The zero-order valence-electron chi connectivity index (χ0n) is 11.9. The highest BCUT2D eigenvalue weighted by Gasteiger charge is 2.13. The molecule has 5 heteroatoms. The second-order valence-corrected chi connectivity index (χ2v) is 5.48. The number of rotatable bonds is 3. The van der Waals surface area contributed by atoms with Gasteiger partial charge in [-0.05, 0) is 37.6 Å². The zero-order chi connectivity index (χ0) is 15.2. The number of nitrogens with zero attached hydrogens (tertiary/aromatic N) is 1. The van der Waals surface area contributed by atoms with E-state index in [1.807, 2.05) is 19.2 Å². The molecule has 1 aromatic carbocycles. The molecular weight excluding hydrogens is 284 g/mol. The van der Waals surface area contributed by atoms with Gasteiger partial charge in [-0.3, -0.25) is 4.79 Å². The van der Waals surface area contributed by atoms with Gasteiger partial charge in [-0.1, -0.05) is 11.8 Å². The molecule has 0 bridgehead atoms. The fourth-order valence-electron chi connectivity index (χ4n) is 1.87. The van der Waals surface area contributed by atoms with E-state index < -0.39 is 0 Å². The van der Waals surface area contributed by atoms with Crippen molar-refractivity contribution in [2.24, 2.45) is 0 Å². The Bertz CT molecular complexity index is 684. The van der Waals surface area contributed by atoms with Crippen LogP contribution in [-0.4, -0.2) is 22.6 Å². The number of hydrogen-bond donors (Lipinski definition) is 2. The fourth-order valence-corrected chi connectivity index (χ4v) is 2.52. The summed E-state index contributed by atoms with van der Waals surface area (Å²) < 4.78 is 0. The maximum atomic E-state index is 12.2. The van der Waals surface area contributed by atoms with Crippen molar-refractivity contribution in [1.29, 1.82) is 0 Å². The monoisotopic (exact) mass is 300 g/mol. The SMILES string of the molecule is Cc1cc(C(=O)NC(C)c2nccs2)ccc1C#CCO. The van der Waals surface area contributed by atoms with Gasteiger partial charge in [0.1, 0.15) is 11.6 Å². The third-order valence-electron chi connectivity index (χ3n) is 2.96. The standard InChI is InChI=1S/C16H16N2O2S/c1-11-10-14(6-5-13(11)4-3-8-19)15(20)18-12(2)16-17-7-9-21-16/h5-7,9-10,12,19H,8H2,1-2H3,(H,18,20). The van der Waals surface area contributed by atoms with E-state index in [1.165, 1.54) is 11.3 Å². The summed E-state index contributed by atoms with van der Waals surface area (Å²) in [7, 11) is 0. The Morgan fingerprint density at radius 2 is 2.33 bits per heavy atom. The van der Waals surface area contributed by atoms with Gasteiger partial charge in [-0.15, -0.1) is 11.3 Å². The molecule has 0 aliphatic carbocycles. The maximum Gasteiger partial charge on any atom is 0.251 e. The highest BCUT2D eigenvalue weighted by molar-refractivity contribution is 7.09. The summed E-state index contributed by atoms with van der Waals surface area (Å²) in [5.41, 5.74) is 2.31. The average Bonchev–Trinajstić information content (AvgIpc) is 3.00. The number of carbonyl (C=O) groups excluding carboxylic acids is 1. The first-order chi connectivity index (χ1) is 10.1. The Morgan fingerprint density at radius 3 is 2.95 bits per heavy atom. The Morgan fingerprint density at radius 1 is 1.52 bits per heavy atom. The molecule has 21 heavy (non-hydrogen) atoms. The van der Waals surface area contributed by atoms with E-state index in [9.17, 15) is 4.79 Å². The van der Waals surface area contributed by atoms with Gasteiger partial charge >= 0.3 is 0 Å². The van der Waals surface area contributed by atoms with Crippen LogP contribution in [0.4, 0.5) is 0 Å². The van der Waals surface area contributed by atoms with Crippen molar-refractivity contribution in [2.45, 2.75) is 19.9 Å². The number of amides is 1. The zero-order valence-corrected chi connectivity index (χ0v) is 12.7. The maximum absolute atomic E-state index is 12.2. The molecule has 108 valence electrons. The number of aliphatic hydroxyl groups is 1. The smallest absolute Gasteiger partial charge is 0.251 e. The minimum Gasteiger partial charge on any atom is -0.384 e. The van der Waals surface area contributed by atoms with E-state index in [0.29, 0.717) is 5.56 Å². The first-order valence-electron chi connectivity index (χ1n) is 6.52. The van der Waals surface area contributed by atoms with Gasteiger partial charge in [-0.2, -0.15) is 0 Å². The molecule has 0 fully saturated rings. The third kappa shape index (κ3) is 3.91. The van der Waals surface area contributed by atoms with Crippen molar-refractivity contribution in [1.82, 2.24) is 10.3 Å². The van der Waals surface area contributed by atoms with Crippen molar-refractivity contribution in [2.75, 3.05) is 6.61 Å². The number of hydrogen-bond acceptors (Lipinski definition) is 4. The van der Waals surface area contributed by atoms with Crippen LogP contribution in [0.3, 0.4) is 0 Å². The van der Waals surface area contributed by atoms with E-state index in [2.05, 4.69) is 22.1 Å². The Balaban J connectivity index is 2.11. The molecule has 2 N–H and O–H groups in total. The number of carbonyl (C=O) groups is 1. The van der Waals surface area contributed by atoms with Crippen LogP contribution in [0.2, 0.25) is 0 Å². The predicted molar refractivity (Wildman–Crippen MR) is 83.1 cm³/mol. The van der Waals surface area contributed by atoms with E-state index in [1.54, 1.807) is 24.4 Å². The molecule has 2 aromatic rings. The van der Waals surface area contributed by atoms with Crippen LogP contribution < -0.4 is 5.32 Å². The molecule has 0 saturated heterocycles. The van der Waals surface area contributed by atoms with E-state index in [4.69, 9.17) is 5.11 Å². The second kappa shape index (κ2) is 7.02. The molecule has 0 radical (unpaired) electrons. The van der Waals surface area contributed by atoms with Crippen LogP contribution in [0.25, 0.3) is 0 Å². The number of aromatic nitrogens is 1. The van der Waals surface area contributed by atoms with Crippen LogP contribution in [0.15, 0.2) is 29.8 Å². The van der Waals surface area contributed by atoms with Gasteiger partial charge in [0.15, 0.2) is 0 Å².